The minimum absolute atomic E-state index is 0.295. The highest BCUT2D eigenvalue weighted by Gasteiger charge is 2.48. The van der Waals surface area contributed by atoms with Gasteiger partial charge >= 0.3 is 71.6 Å². The summed E-state index contributed by atoms with van der Waals surface area (Å²) in [5, 5.41) is 57.1. The molecule has 0 bridgehead atoms. The van der Waals surface area contributed by atoms with Gasteiger partial charge in [-0.25, -0.2) is 57.5 Å². The van der Waals surface area contributed by atoms with Crippen molar-refractivity contribution >= 4 is 93.2 Å². The number of carbonyl (C=O) groups excluding carboxylic acids is 6. The third-order valence-electron chi connectivity index (χ3n) is 16.6. The molecule has 524 valence electrons. The van der Waals surface area contributed by atoms with Crippen molar-refractivity contribution in [1.82, 2.24) is 0 Å². The lowest BCUT2D eigenvalue weighted by molar-refractivity contribution is -0.133. The standard InChI is InChI=1S/C41H26O16.C41H26O8/c42-33(43)13-17-37(50)54-29-11-9-23(21-31(29)56-39(52)19-15-35(46)47)41(27-7-3-1-5-25(27)26-6-2-4-8-28(26)41)24-10-12-30(55-38(51)18-14-34(44)45)32(22-24)57-40(53)20-16-36(48)49;42-37(43)17-19-39(46)48-31-15-11-25-21-29(13-9-27(25)23-31)41(35-7-3-1-5-33(35)34-6-2-4-8-36(34)41)30-14-10-28-24-32(16-12-26(28)22-30)49-40(47)20-18-38(44)45/h1-22H,(H,42,43)(H,44,45)(H,46,47)(H,48,49);1-24H,(H,42,43)(H,44,45). The van der Waals surface area contributed by atoms with E-state index >= 15 is 0 Å². The second kappa shape index (κ2) is 31.1. The molecule has 0 unspecified atom stereocenters. The van der Waals surface area contributed by atoms with E-state index < -0.39 is 94.0 Å². The van der Waals surface area contributed by atoms with Gasteiger partial charge in [0.15, 0.2) is 23.0 Å². The lowest BCUT2D eigenvalue weighted by Crippen LogP contribution is -2.29. The van der Waals surface area contributed by atoms with Gasteiger partial charge in [-0.05, 0) is 149 Å². The molecule has 24 heteroatoms. The number of carboxylic acids is 6. The van der Waals surface area contributed by atoms with Crippen LogP contribution < -0.4 is 28.4 Å². The van der Waals surface area contributed by atoms with Crippen molar-refractivity contribution in [2.24, 2.45) is 0 Å². The van der Waals surface area contributed by atoms with Gasteiger partial charge in [-0.3, -0.25) is 0 Å². The van der Waals surface area contributed by atoms with E-state index in [-0.39, 0.29) is 11.5 Å². The van der Waals surface area contributed by atoms with Crippen molar-refractivity contribution in [3.63, 3.8) is 0 Å². The van der Waals surface area contributed by atoms with Crippen LogP contribution in [0.1, 0.15) is 44.5 Å². The zero-order valence-corrected chi connectivity index (χ0v) is 54.6. The highest BCUT2D eigenvalue weighted by molar-refractivity contribution is 5.99. The van der Waals surface area contributed by atoms with Crippen LogP contribution >= 0.6 is 0 Å². The van der Waals surface area contributed by atoms with Crippen molar-refractivity contribution in [3.8, 4) is 56.8 Å². The number of rotatable bonds is 22. The molecule has 24 nitrogen and oxygen atoms in total. The molecule has 0 spiro atoms. The summed E-state index contributed by atoms with van der Waals surface area (Å²) in [7, 11) is 0. The average molecular weight is 1420 g/mol. The second-order valence-electron chi connectivity index (χ2n) is 23.0. The Balaban J connectivity index is 0.000000214. The van der Waals surface area contributed by atoms with E-state index in [2.05, 4.69) is 48.5 Å². The summed E-state index contributed by atoms with van der Waals surface area (Å²) < 4.78 is 32.2. The Bertz CT molecular complexity index is 5210. The molecule has 0 heterocycles. The Hall–Kier alpha value is -15.2. The Kier molecular flexibility index (Phi) is 21.2. The summed E-state index contributed by atoms with van der Waals surface area (Å²) in [5.74, 6) is -15.6. The molecular weight excluding hydrogens is 1370 g/mol. The lowest BCUT2D eigenvalue weighted by Gasteiger charge is -2.34. The van der Waals surface area contributed by atoms with Crippen LogP contribution in [0.15, 0.2) is 279 Å². The van der Waals surface area contributed by atoms with Gasteiger partial charge in [0.2, 0.25) is 0 Å². The van der Waals surface area contributed by atoms with Gasteiger partial charge in [-0.1, -0.05) is 146 Å². The van der Waals surface area contributed by atoms with Gasteiger partial charge in [0, 0.05) is 72.9 Å². The van der Waals surface area contributed by atoms with Crippen molar-refractivity contribution in [3.05, 3.63) is 324 Å². The zero-order chi connectivity index (χ0) is 75.4. The van der Waals surface area contributed by atoms with Gasteiger partial charge in [-0.15, -0.1) is 0 Å². The third kappa shape index (κ3) is 15.7. The first kappa shape index (κ1) is 72.1. The lowest BCUT2D eigenvalue weighted by atomic mass is 9.67. The molecule has 0 atom stereocenters. The van der Waals surface area contributed by atoms with Gasteiger partial charge in [0.1, 0.15) is 11.5 Å². The molecule has 0 radical (unpaired) electrons. The molecule has 0 aromatic heterocycles. The first-order chi connectivity index (χ1) is 50.9. The Morgan fingerprint density at radius 3 is 0.736 bits per heavy atom. The molecule has 106 heavy (non-hydrogen) atoms. The van der Waals surface area contributed by atoms with Crippen molar-refractivity contribution in [2.45, 2.75) is 10.8 Å². The first-order valence-electron chi connectivity index (χ1n) is 31.4. The van der Waals surface area contributed by atoms with Gasteiger partial charge in [-0.2, -0.15) is 0 Å². The van der Waals surface area contributed by atoms with Gasteiger partial charge in [0.05, 0.1) is 10.8 Å². The minimum Gasteiger partial charge on any atom is -0.478 e. The number of fused-ring (bicyclic) bond motifs is 8. The quantitative estimate of drug-likeness (QED) is 0.0208. The number of hydrogen-bond acceptors (Lipinski definition) is 18. The molecule has 0 fully saturated rings. The Morgan fingerprint density at radius 2 is 0.453 bits per heavy atom. The van der Waals surface area contributed by atoms with Crippen LogP contribution in [-0.2, 0) is 68.4 Å². The zero-order valence-electron chi connectivity index (χ0n) is 54.6. The van der Waals surface area contributed by atoms with E-state index in [9.17, 15) is 57.5 Å². The van der Waals surface area contributed by atoms with Crippen LogP contribution in [-0.4, -0.2) is 102 Å². The predicted molar refractivity (Wildman–Crippen MR) is 377 cm³/mol. The fourth-order valence-corrected chi connectivity index (χ4v) is 12.6. The minimum atomic E-state index is -1.47. The number of carboxylic acid groups (broad SMARTS) is 6. The number of esters is 6. The molecule has 0 amide bonds. The van der Waals surface area contributed by atoms with Crippen LogP contribution in [0.25, 0.3) is 43.8 Å². The van der Waals surface area contributed by atoms with Crippen molar-refractivity contribution in [2.75, 3.05) is 0 Å². The Labute approximate surface area is 598 Å². The maximum atomic E-state index is 12.8. The van der Waals surface area contributed by atoms with Crippen LogP contribution in [0.4, 0.5) is 0 Å². The van der Waals surface area contributed by atoms with E-state index in [1.54, 1.807) is 60.7 Å². The van der Waals surface area contributed by atoms with E-state index in [0.717, 1.165) is 90.4 Å². The third-order valence-corrected chi connectivity index (χ3v) is 16.6. The molecular formula is C82H52O24. The molecule has 2 aliphatic carbocycles. The summed E-state index contributed by atoms with van der Waals surface area (Å²) in [4.78, 5) is 141. The van der Waals surface area contributed by atoms with E-state index in [1.165, 1.54) is 36.4 Å². The van der Waals surface area contributed by atoms with Gasteiger partial charge < -0.3 is 59.1 Å². The smallest absolute Gasteiger partial charge is 0.336 e. The summed E-state index contributed by atoms with van der Waals surface area (Å²) in [5.41, 5.74) is 7.72. The molecule has 2 aliphatic rings. The average Bonchev–Trinajstić information content (AvgIpc) is 1.56. The van der Waals surface area contributed by atoms with E-state index in [4.69, 9.17) is 59.1 Å². The Morgan fingerprint density at radius 1 is 0.226 bits per heavy atom. The normalized spacial score (nSPS) is 12.8. The van der Waals surface area contributed by atoms with E-state index in [0.29, 0.717) is 82.4 Å². The van der Waals surface area contributed by atoms with E-state index in [1.807, 2.05) is 60.7 Å². The summed E-state index contributed by atoms with van der Waals surface area (Å²) in [6, 6.07) is 62.2. The van der Waals surface area contributed by atoms with Gasteiger partial charge in [0.25, 0.3) is 0 Å². The fourth-order valence-electron chi connectivity index (χ4n) is 12.6. The van der Waals surface area contributed by atoms with Crippen LogP contribution in [0.2, 0.25) is 0 Å². The SMILES string of the molecule is O=C(O)C=CC(=O)Oc1ccc(C2(c3ccc(OC(=O)C=CC(=O)O)c(OC(=O)C=CC(=O)O)c3)c3ccccc3-c3ccccc32)cc1OC(=O)C=CC(=O)O.O=C(O)C=CC(=O)Oc1ccc2cc(C3(c4ccc5cc(OC(=O)C=CC(=O)O)ccc5c4)c4ccccc4-c4ccccc43)ccc2c1. The molecule has 0 saturated carbocycles. The molecule has 6 N–H and O–H groups in total. The number of aliphatic carboxylic acids is 6. The predicted octanol–water partition coefficient (Wildman–Crippen LogP) is 11.7. The molecule has 12 rings (SSSR count). The number of benzene rings is 10. The number of carbonyl (C=O) groups is 12. The number of ether oxygens (including phenoxy) is 6. The summed E-state index contributed by atoms with van der Waals surface area (Å²) >= 11 is 0. The summed E-state index contributed by atoms with van der Waals surface area (Å²) in [6.07, 6.45) is 7.68. The maximum absolute atomic E-state index is 12.8. The molecule has 0 saturated heterocycles. The number of hydrogen-bond donors (Lipinski definition) is 6. The molecule has 10 aromatic carbocycles. The monoisotopic (exact) mass is 1420 g/mol. The molecule has 10 aromatic rings. The second-order valence-corrected chi connectivity index (χ2v) is 23.0. The van der Waals surface area contributed by atoms with Crippen molar-refractivity contribution in [1.29, 1.82) is 0 Å². The topological polar surface area (TPSA) is 382 Å². The van der Waals surface area contributed by atoms with Crippen LogP contribution in [0.5, 0.6) is 34.5 Å². The summed E-state index contributed by atoms with van der Waals surface area (Å²) in [6.45, 7) is 0. The first-order valence-corrected chi connectivity index (χ1v) is 31.4. The fraction of sp³-hybridized carbons (Fsp3) is 0.0244. The van der Waals surface area contributed by atoms with Crippen LogP contribution in [0, 0.1) is 0 Å². The molecule has 0 aliphatic heterocycles. The largest absolute Gasteiger partial charge is 0.478 e. The highest BCUT2D eigenvalue weighted by Crippen LogP contribution is 2.59. The van der Waals surface area contributed by atoms with Crippen molar-refractivity contribution < 1.29 is 117 Å². The maximum Gasteiger partial charge on any atom is 0.336 e. The van der Waals surface area contributed by atoms with Crippen LogP contribution in [0.3, 0.4) is 0 Å². The highest BCUT2D eigenvalue weighted by atomic mass is 16.6.